The molecule has 0 amide bonds. The standard InChI is InChI=1S/C11H17N3O2/c1-14(7-11(8-15)4-5-11)10-12-6-3-9(13-10)16-2/h3,6,15H,4-5,7-8H2,1-2H3. The third-order valence-corrected chi connectivity index (χ3v) is 3.03. The number of rotatable bonds is 5. The Hall–Kier alpha value is -1.36. The quantitative estimate of drug-likeness (QED) is 0.796. The SMILES string of the molecule is COc1ccnc(N(C)CC2(CO)CC2)n1. The lowest BCUT2D eigenvalue weighted by Gasteiger charge is -2.22. The molecule has 0 bridgehead atoms. The van der Waals surface area contributed by atoms with E-state index in [9.17, 15) is 5.11 Å². The summed E-state index contributed by atoms with van der Waals surface area (Å²) in [6.07, 6.45) is 3.84. The molecule has 88 valence electrons. The normalized spacial score (nSPS) is 16.9. The van der Waals surface area contributed by atoms with Crippen LogP contribution in [0.1, 0.15) is 12.8 Å². The minimum Gasteiger partial charge on any atom is -0.481 e. The van der Waals surface area contributed by atoms with Gasteiger partial charge in [-0.05, 0) is 12.8 Å². The molecular weight excluding hydrogens is 206 g/mol. The lowest BCUT2D eigenvalue weighted by atomic mass is 10.1. The van der Waals surface area contributed by atoms with E-state index in [0.29, 0.717) is 11.8 Å². The fourth-order valence-corrected chi connectivity index (χ4v) is 1.75. The maximum atomic E-state index is 9.26. The Bertz CT molecular complexity index is 366. The van der Waals surface area contributed by atoms with E-state index in [1.807, 2.05) is 11.9 Å². The van der Waals surface area contributed by atoms with Gasteiger partial charge in [0.2, 0.25) is 11.8 Å². The number of aliphatic hydroxyl groups excluding tert-OH is 1. The highest BCUT2D eigenvalue weighted by molar-refractivity contribution is 5.31. The molecule has 2 rings (SSSR count). The second kappa shape index (κ2) is 4.25. The van der Waals surface area contributed by atoms with Crippen LogP contribution in [0.4, 0.5) is 5.95 Å². The molecule has 1 heterocycles. The minimum atomic E-state index is 0.0706. The summed E-state index contributed by atoms with van der Waals surface area (Å²) >= 11 is 0. The summed E-state index contributed by atoms with van der Waals surface area (Å²) < 4.78 is 5.05. The molecule has 1 aliphatic rings. The molecule has 0 atom stereocenters. The number of hydrogen-bond acceptors (Lipinski definition) is 5. The van der Waals surface area contributed by atoms with E-state index in [2.05, 4.69) is 9.97 Å². The van der Waals surface area contributed by atoms with Gasteiger partial charge in [-0.1, -0.05) is 0 Å². The zero-order chi connectivity index (χ0) is 11.6. The highest BCUT2D eigenvalue weighted by atomic mass is 16.5. The molecule has 1 fully saturated rings. The van der Waals surface area contributed by atoms with Crippen molar-refractivity contribution in [3.63, 3.8) is 0 Å². The highest BCUT2D eigenvalue weighted by Crippen LogP contribution is 2.45. The molecule has 1 saturated carbocycles. The third-order valence-electron chi connectivity index (χ3n) is 3.03. The fourth-order valence-electron chi connectivity index (χ4n) is 1.75. The van der Waals surface area contributed by atoms with Gasteiger partial charge in [-0.3, -0.25) is 0 Å². The van der Waals surface area contributed by atoms with Crippen LogP contribution < -0.4 is 9.64 Å². The van der Waals surface area contributed by atoms with Crippen LogP contribution in [0.25, 0.3) is 0 Å². The number of nitrogens with zero attached hydrogens (tertiary/aromatic N) is 3. The molecule has 0 unspecified atom stereocenters. The predicted octanol–water partition coefficient (Wildman–Crippen LogP) is 0.694. The molecule has 0 aromatic carbocycles. The first-order valence-electron chi connectivity index (χ1n) is 5.38. The maximum absolute atomic E-state index is 9.26. The average molecular weight is 223 g/mol. The second-order valence-corrected chi connectivity index (χ2v) is 4.41. The number of ether oxygens (including phenoxy) is 1. The van der Waals surface area contributed by atoms with Gasteiger partial charge in [0, 0.05) is 31.3 Å². The van der Waals surface area contributed by atoms with Crippen molar-refractivity contribution in [3.8, 4) is 5.88 Å². The van der Waals surface area contributed by atoms with Crippen LogP contribution in [0.3, 0.4) is 0 Å². The topological polar surface area (TPSA) is 58.5 Å². The van der Waals surface area contributed by atoms with Crippen molar-refractivity contribution in [1.29, 1.82) is 0 Å². The van der Waals surface area contributed by atoms with E-state index < -0.39 is 0 Å². The fraction of sp³-hybridized carbons (Fsp3) is 0.636. The summed E-state index contributed by atoms with van der Waals surface area (Å²) in [4.78, 5) is 10.4. The van der Waals surface area contributed by atoms with Gasteiger partial charge in [-0.25, -0.2) is 4.98 Å². The lowest BCUT2D eigenvalue weighted by molar-refractivity contribution is 0.215. The Morgan fingerprint density at radius 1 is 1.56 bits per heavy atom. The first kappa shape index (κ1) is 11.1. The monoisotopic (exact) mass is 223 g/mol. The van der Waals surface area contributed by atoms with Crippen molar-refractivity contribution in [1.82, 2.24) is 9.97 Å². The Morgan fingerprint density at radius 2 is 2.31 bits per heavy atom. The van der Waals surface area contributed by atoms with Crippen molar-refractivity contribution < 1.29 is 9.84 Å². The number of aliphatic hydroxyl groups is 1. The first-order chi connectivity index (χ1) is 7.69. The van der Waals surface area contributed by atoms with Gasteiger partial charge < -0.3 is 14.7 Å². The molecule has 5 nitrogen and oxygen atoms in total. The maximum Gasteiger partial charge on any atom is 0.228 e. The van der Waals surface area contributed by atoms with Gasteiger partial charge in [0.25, 0.3) is 0 Å². The summed E-state index contributed by atoms with van der Waals surface area (Å²) in [6.45, 7) is 1.03. The number of anilines is 1. The summed E-state index contributed by atoms with van der Waals surface area (Å²) in [7, 11) is 3.52. The molecule has 0 spiro atoms. The number of methoxy groups -OCH3 is 1. The van der Waals surface area contributed by atoms with E-state index in [4.69, 9.17) is 4.74 Å². The molecule has 0 aliphatic heterocycles. The minimum absolute atomic E-state index is 0.0706. The molecule has 1 N–H and O–H groups in total. The molecule has 1 aromatic heterocycles. The lowest BCUT2D eigenvalue weighted by Crippen LogP contribution is -2.30. The average Bonchev–Trinajstić information content (AvgIpc) is 3.09. The summed E-state index contributed by atoms with van der Waals surface area (Å²) in [6, 6.07) is 1.72. The van der Waals surface area contributed by atoms with Crippen LogP contribution in [-0.2, 0) is 0 Å². The molecule has 0 radical (unpaired) electrons. The highest BCUT2D eigenvalue weighted by Gasteiger charge is 2.43. The van der Waals surface area contributed by atoms with Crippen LogP contribution in [-0.4, -0.2) is 42.4 Å². The van der Waals surface area contributed by atoms with Gasteiger partial charge in [-0.2, -0.15) is 4.98 Å². The van der Waals surface area contributed by atoms with E-state index in [0.717, 1.165) is 19.4 Å². The van der Waals surface area contributed by atoms with Crippen molar-refractivity contribution in [2.24, 2.45) is 5.41 Å². The van der Waals surface area contributed by atoms with Crippen LogP contribution in [0.15, 0.2) is 12.3 Å². The van der Waals surface area contributed by atoms with E-state index in [-0.39, 0.29) is 12.0 Å². The van der Waals surface area contributed by atoms with Crippen molar-refractivity contribution in [3.05, 3.63) is 12.3 Å². The summed E-state index contributed by atoms with van der Waals surface area (Å²) in [5, 5.41) is 9.26. The number of hydrogen-bond donors (Lipinski definition) is 1. The largest absolute Gasteiger partial charge is 0.481 e. The van der Waals surface area contributed by atoms with Gasteiger partial charge >= 0.3 is 0 Å². The summed E-state index contributed by atoms with van der Waals surface area (Å²) in [5.41, 5.74) is 0.0706. The smallest absolute Gasteiger partial charge is 0.228 e. The zero-order valence-corrected chi connectivity index (χ0v) is 9.68. The molecular formula is C11H17N3O2. The van der Waals surface area contributed by atoms with Gasteiger partial charge in [0.1, 0.15) is 0 Å². The van der Waals surface area contributed by atoms with Crippen molar-refractivity contribution in [2.45, 2.75) is 12.8 Å². The summed E-state index contributed by atoms with van der Waals surface area (Å²) in [5.74, 6) is 1.20. The van der Waals surface area contributed by atoms with Crippen LogP contribution in [0.2, 0.25) is 0 Å². The van der Waals surface area contributed by atoms with E-state index in [1.165, 1.54) is 0 Å². The van der Waals surface area contributed by atoms with Gasteiger partial charge in [-0.15, -0.1) is 0 Å². The molecule has 16 heavy (non-hydrogen) atoms. The number of aromatic nitrogens is 2. The Labute approximate surface area is 95.1 Å². The zero-order valence-electron chi connectivity index (χ0n) is 9.68. The van der Waals surface area contributed by atoms with E-state index >= 15 is 0 Å². The van der Waals surface area contributed by atoms with Crippen LogP contribution >= 0.6 is 0 Å². The van der Waals surface area contributed by atoms with Gasteiger partial charge in [0.05, 0.1) is 13.7 Å². The van der Waals surface area contributed by atoms with Gasteiger partial charge in [0.15, 0.2) is 0 Å². The Kier molecular flexibility index (Phi) is 2.96. The Morgan fingerprint density at radius 3 is 2.88 bits per heavy atom. The molecule has 5 heteroatoms. The molecule has 1 aliphatic carbocycles. The third kappa shape index (κ3) is 2.24. The van der Waals surface area contributed by atoms with E-state index in [1.54, 1.807) is 19.4 Å². The van der Waals surface area contributed by atoms with Crippen molar-refractivity contribution in [2.75, 3.05) is 32.2 Å². The second-order valence-electron chi connectivity index (χ2n) is 4.41. The van der Waals surface area contributed by atoms with Crippen LogP contribution in [0.5, 0.6) is 5.88 Å². The van der Waals surface area contributed by atoms with Crippen LogP contribution in [0, 0.1) is 5.41 Å². The van der Waals surface area contributed by atoms with Crippen molar-refractivity contribution >= 4 is 5.95 Å². The first-order valence-corrected chi connectivity index (χ1v) is 5.38. The predicted molar refractivity (Wildman–Crippen MR) is 60.6 cm³/mol. The Balaban J connectivity index is 2.05. The molecule has 1 aromatic rings. The molecule has 0 saturated heterocycles.